The van der Waals surface area contributed by atoms with Crippen molar-refractivity contribution in [2.75, 3.05) is 32.5 Å². The van der Waals surface area contributed by atoms with Crippen LogP contribution in [-0.4, -0.2) is 56.2 Å². The molecule has 0 aromatic carbocycles. The van der Waals surface area contributed by atoms with Crippen molar-refractivity contribution >= 4 is 15.9 Å². The number of sulfonamides is 1. The van der Waals surface area contributed by atoms with Crippen LogP contribution in [0.3, 0.4) is 0 Å². The molecule has 3 rings (SSSR count). The van der Waals surface area contributed by atoms with Crippen molar-refractivity contribution in [3.05, 3.63) is 0 Å². The van der Waals surface area contributed by atoms with Crippen LogP contribution in [0.5, 0.6) is 0 Å². The second-order valence-electron chi connectivity index (χ2n) is 6.63. The minimum atomic E-state index is -3.16. The zero-order valence-corrected chi connectivity index (χ0v) is 13.4. The molecule has 0 radical (unpaired) electrons. The Morgan fingerprint density at radius 2 is 2.00 bits per heavy atom. The van der Waals surface area contributed by atoms with E-state index in [0.29, 0.717) is 26.2 Å². The molecule has 2 atom stereocenters. The summed E-state index contributed by atoms with van der Waals surface area (Å²) in [7, 11) is -3.16. The lowest BCUT2D eigenvalue weighted by Gasteiger charge is -2.35. The van der Waals surface area contributed by atoms with Gasteiger partial charge < -0.3 is 0 Å². The summed E-state index contributed by atoms with van der Waals surface area (Å²) in [4.78, 5) is 18.3. The minimum Gasteiger partial charge on any atom is -0.272 e. The summed E-state index contributed by atoms with van der Waals surface area (Å²) < 4.78 is 25.1. The van der Waals surface area contributed by atoms with Crippen molar-refractivity contribution in [3.63, 3.8) is 0 Å². The molecule has 1 spiro atoms. The molecule has 2 aliphatic heterocycles. The van der Waals surface area contributed by atoms with Gasteiger partial charge in [0.15, 0.2) is 0 Å². The lowest BCUT2D eigenvalue weighted by Crippen LogP contribution is -2.45. The van der Waals surface area contributed by atoms with E-state index in [-0.39, 0.29) is 17.2 Å². The third kappa shape index (κ3) is 2.83. The van der Waals surface area contributed by atoms with Gasteiger partial charge in [-0.2, -0.15) is 0 Å². The number of hydrogen-bond acceptors (Lipinski definition) is 4. The quantitative estimate of drug-likeness (QED) is 0.762. The first-order valence-electron chi connectivity index (χ1n) is 7.82. The normalized spacial score (nSPS) is 34.7. The summed E-state index contributed by atoms with van der Waals surface area (Å²) in [6, 6.07) is 0. The summed E-state index contributed by atoms with van der Waals surface area (Å²) in [5, 5.41) is 1.53. The Bertz CT molecular complexity index is 515. The van der Waals surface area contributed by atoms with Gasteiger partial charge in [0, 0.05) is 25.6 Å². The molecule has 21 heavy (non-hydrogen) atoms. The predicted molar refractivity (Wildman–Crippen MR) is 77.7 cm³/mol. The topological polar surface area (TPSA) is 66.9 Å². The van der Waals surface area contributed by atoms with Crippen LogP contribution in [-0.2, 0) is 19.7 Å². The lowest BCUT2D eigenvalue weighted by molar-refractivity contribution is -0.204. The molecule has 2 heterocycles. The smallest absolute Gasteiger partial charge is 0.249 e. The predicted octanol–water partition coefficient (Wildman–Crippen LogP) is 0.992. The Balaban J connectivity index is 1.75. The Morgan fingerprint density at radius 1 is 1.19 bits per heavy atom. The standard InChI is InChI=1S/C14H24N2O4S/c1-21(18,19)15-9-7-14(11-15)6-4-5-12(14)13(17)16-8-2-3-10-20-16/h12H,2-11H2,1H3/t12-,14-/m1/s1. The van der Waals surface area contributed by atoms with Crippen LogP contribution in [0.15, 0.2) is 0 Å². The van der Waals surface area contributed by atoms with Gasteiger partial charge in [0.2, 0.25) is 15.9 Å². The van der Waals surface area contributed by atoms with E-state index in [0.717, 1.165) is 38.5 Å². The maximum atomic E-state index is 12.8. The number of rotatable bonds is 2. The molecule has 0 bridgehead atoms. The summed E-state index contributed by atoms with van der Waals surface area (Å²) in [5.41, 5.74) is -0.166. The molecule has 3 aliphatic rings. The Kier molecular flexibility index (Phi) is 4.00. The van der Waals surface area contributed by atoms with Gasteiger partial charge in [-0.3, -0.25) is 9.63 Å². The summed E-state index contributed by atoms with van der Waals surface area (Å²) in [6.07, 6.45) is 6.85. The molecule has 0 aromatic rings. The SMILES string of the molecule is CS(=O)(=O)N1CC[C@]2(CCC[C@@H]2C(=O)N2CCCCO2)C1. The van der Waals surface area contributed by atoms with Crippen LogP contribution in [0.2, 0.25) is 0 Å². The second-order valence-corrected chi connectivity index (χ2v) is 8.62. The van der Waals surface area contributed by atoms with Crippen LogP contribution in [0.25, 0.3) is 0 Å². The van der Waals surface area contributed by atoms with Crippen LogP contribution >= 0.6 is 0 Å². The van der Waals surface area contributed by atoms with E-state index in [2.05, 4.69) is 0 Å². The largest absolute Gasteiger partial charge is 0.272 e. The zero-order chi connectivity index (χ0) is 15.1. The molecule has 0 unspecified atom stereocenters. The highest BCUT2D eigenvalue weighted by atomic mass is 32.2. The van der Waals surface area contributed by atoms with Gasteiger partial charge in [0.25, 0.3) is 0 Å². The molecule has 120 valence electrons. The fraction of sp³-hybridized carbons (Fsp3) is 0.929. The highest BCUT2D eigenvalue weighted by Gasteiger charge is 2.53. The summed E-state index contributed by atoms with van der Waals surface area (Å²) in [5.74, 6) is -0.00935. The van der Waals surface area contributed by atoms with Gasteiger partial charge in [0.05, 0.1) is 12.9 Å². The van der Waals surface area contributed by atoms with Crippen LogP contribution in [0, 0.1) is 11.3 Å². The fourth-order valence-corrected chi connectivity index (χ4v) is 5.01. The van der Waals surface area contributed by atoms with Crippen molar-refractivity contribution in [3.8, 4) is 0 Å². The van der Waals surface area contributed by atoms with Gasteiger partial charge >= 0.3 is 0 Å². The zero-order valence-electron chi connectivity index (χ0n) is 12.6. The molecule has 6 nitrogen and oxygen atoms in total. The van der Waals surface area contributed by atoms with Crippen LogP contribution in [0.4, 0.5) is 0 Å². The van der Waals surface area contributed by atoms with Gasteiger partial charge in [0.1, 0.15) is 0 Å². The van der Waals surface area contributed by atoms with E-state index in [1.165, 1.54) is 15.6 Å². The van der Waals surface area contributed by atoms with E-state index in [9.17, 15) is 13.2 Å². The van der Waals surface area contributed by atoms with Gasteiger partial charge in [-0.1, -0.05) is 6.42 Å². The van der Waals surface area contributed by atoms with Crippen molar-refractivity contribution in [1.29, 1.82) is 0 Å². The molecule has 1 amide bonds. The third-order valence-electron chi connectivity index (χ3n) is 5.27. The summed E-state index contributed by atoms with van der Waals surface area (Å²) in [6.45, 7) is 2.32. The molecule has 0 aromatic heterocycles. The highest BCUT2D eigenvalue weighted by molar-refractivity contribution is 7.88. The third-order valence-corrected chi connectivity index (χ3v) is 6.52. The Hall–Kier alpha value is -0.660. The fourth-order valence-electron chi connectivity index (χ4n) is 4.10. The molecular formula is C14H24N2O4S. The number of amides is 1. The van der Waals surface area contributed by atoms with Crippen molar-refractivity contribution < 1.29 is 18.0 Å². The maximum Gasteiger partial charge on any atom is 0.249 e. The average molecular weight is 316 g/mol. The number of hydrogen-bond donors (Lipinski definition) is 0. The van der Waals surface area contributed by atoms with Crippen molar-refractivity contribution in [2.24, 2.45) is 11.3 Å². The Labute approximate surface area is 126 Å². The minimum absolute atomic E-state index is 0.0718. The van der Waals surface area contributed by atoms with Gasteiger partial charge in [-0.15, -0.1) is 0 Å². The average Bonchev–Trinajstić information content (AvgIpc) is 3.07. The number of carbonyl (C=O) groups excluding carboxylic acids is 1. The number of carbonyl (C=O) groups is 1. The van der Waals surface area contributed by atoms with E-state index >= 15 is 0 Å². The molecule has 1 saturated carbocycles. The molecule has 3 fully saturated rings. The summed E-state index contributed by atoms with van der Waals surface area (Å²) >= 11 is 0. The van der Waals surface area contributed by atoms with Gasteiger partial charge in [-0.25, -0.2) is 17.8 Å². The monoisotopic (exact) mass is 316 g/mol. The van der Waals surface area contributed by atoms with E-state index in [4.69, 9.17) is 4.84 Å². The highest BCUT2D eigenvalue weighted by Crippen LogP contribution is 2.50. The number of hydroxylamine groups is 2. The first-order chi connectivity index (χ1) is 9.92. The first kappa shape index (κ1) is 15.2. The van der Waals surface area contributed by atoms with Gasteiger partial charge in [-0.05, 0) is 37.5 Å². The lowest BCUT2D eigenvalue weighted by atomic mass is 9.76. The maximum absolute atomic E-state index is 12.8. The molecule has 2 saturated heterocycles. The van der Waals surface area contributed by atoms with E-state index < -0.39 is 10.0 Å². The van der Waals surface area contributed by atoms with Crippen molar-refractivity contribution in [1.82, 2.24) is 9.37 Å². The molecular weight excluding hydrogens is 292 g/mol. The molecule has 0 N–H and O–H groups in total. The van der Waals surface area contributed by atoms with Crippen molar-refractivity contribution in [2.45, 2.75) is 38.5 Å². The molecule has 1 aliphatic carbocycles. The van der Waals surface area contributed by atoms with E-state index in [1.54, 1.807) is 0 Å². The molecule has 7 heteroatoms. The van der Waals surface area contributed by atoms with Crippen LogP contribution < -0.4 is 0 Å². The first-order valence-corrected chi connectivity index (χ1v) is 9.67. The van der Waals surface area contributed by atoms with E-state index in [1.807, 2.05) is 0 Å². The second kappa shape index (κ2) is 5.52. The Morgan fingerprint density at radius 3 is 2.62 bits per heavy atom. The number of nitrogens with zero attached hydrogens (tertiary/aromatic N) is 2. The van der Waals surface area contributed by atoms with Crippen LogP contribution in [0.1, 0.15) is 38.5 Å².